The molecule has 1 aliphatic heterocycles. The Bertz CT molecular complexity index is 2370. The van der Waals surface area contributed by atoms with Gasteiger partial charge in [-0.2, -0.15) is 0 Å². The smallest absolute Gasteiger partial charge is 0.326 e. The number of aromatic nitrogens is 1. The number of aliphatic hydroxyl groups is 1. The van der Waals surface area contributed by atoms with Crippen LogP contribution in [0.2, 0.25) is 0 Å². The first-order valence-electron chi connectivity index (χ1n) is 24.2. The number of hydrogen-bond donors (Lipinski definition) is 14. The van der Waals surface area contributed by atoms with E-state index in [0.29, 0.717) is 22.9 Å². The van der Waals surface area contributed by atoms with Gasteiger partial charge in [0.05, 0.1) is 25.7 Å². The Kier molecular flexibility index (Phi) is 23.9. The average molecular weight is 1040 g/mol. The largest absolute Gasteiger partial charge is 0.480 e. The zero-order chi connectivity index (χ0) is 55.4. The maximum Gasteiger partial charge on any atom is 0.326 e. The predicted molar refractivity (Wildman–Crippen MR) is 264 cm³/mol. The predicted octanol–water partition coefficient (Wildman–Crippen LogP) is -4.50. The summed E-state index contributed by atoms with van der Waals surface area (Å²) in [7, 11) is 0. The highest BCUT2D eigenvalue weighted by Crippen LogP contribution is 2.20. The number of aliphatic hydroxyl groups excluding tert-OH is 1. The number of hydrogen-bond acceptors (Lipinski definition) is 14. The summed E-state index contributed by atoms with van der Waals surface area (Å²) in [6.07, 6.45) is 1.38. The van der Waals surface area contributed by atoms with E-state index in [-0.39, 0.29) is 57.4 Å². The van der Waals surface area contributed by atoms with Crippen LogP contribution in [0.1, 0.15) is 85.1 Å². The van der Waals surface area contributed by atoms with Crippen molar-refractivity contribution in [2.75, 3.05) is 26.2 Å². The Morgan fingerprint density at radius 3 is 1.93 bits per heavy atom. The van der Waals surface area contributed by atoms with Gasteiger partial charge in [0.2, 0.25) is 65.0 Å². The van der Waals surface area contributed by atoms with Crippen molar-refractivity contribution in [3.05, 3.63) is 36.0 Å². The van der Waals surface area contributed by atoms with E-state index in [4.69, 9.17) is 17.2 Å². The molecular weight excluding hydrogens is 971 g/mol. The van der Waals surface area contributed by atoms with Gasteiger partial charge in [-0.3, -0.25) is 52.7 Å². The molecule has 27 heteroatoms. The molecule has 2 heterocycles. The van der Waals surface area contributed by atoms with Gasteiger partial charge in [-0.05, 0) is 62.5 Å². The topological polar surface area (TPSA) is 439 Å². The molecule has 0 spiro atoms. The monoisotopic (exact) mass is 1040 g/mol. The van der Waals surface area contributed by atoms with Crippen LogP contribution in [0, 0.1) is 11.8 Å². The standard InChI is InChI=1S/C47H71N13O14/c1-23(2)17-31(57-46(72)34-11-8-16-60(34)38(65)21-53-41(67)28(48)12-14-35(49)62)45(71)58-33(22-61)42(68)52-20-37(64)55-32(18-26-19-51-29-10-7-6-9-27(26)29)44(70)54-25(5)40(66)56-30(13-15-36(50)63)43(69)59-39(24(3)4)47(73)74/h6-7,9-10,19,23-25,28,30-34,39,51,61H,8,11-18,20-22,48H2,1-5H3,(H2,49,62)(H2,50,63)(H,52,68)(H,53,67)(H,54,70)(H,55,64)(H,56,66)(H,57,72)(H,58,71)(H,59,69)(H,73,74)/t25-,28-,30-,31-,32-,33-,34-,39-/m0/s1. The van der Waals surface area contributed by atoms with Gasteiger partial charge in [-0.25, -0.2) is 4.79 Å². The van der Waals surface area contributed by atoms with Crippen molar-refractivity contribution in [3.63, 3.8) is 0 Å². The summed E-state index contributed by atoms with van der Waals surface area (Å²) >= 11 is 0. The maximum absolute atomic E-state index is 13.9. The molecule has 1 fully saturated rings. The summed E-state index contributed by atoms with van der Waals surface area (Å²) < 4.78 is 0. The maximum atomic E-state index is 13.9. The minimum Gasteiger partial charge on any atom is -0.480 e. The quantitative estimate of drug-likeness (QED) is 0.0351. The number of nitrogens with two attached hydrogens (primary N) is 3. The number of likely N-dealkylation sites (tertiary alicyclic amines) is 1. The second-order valence-electron chi connectivity index (χ2n) is 18.8. The molecule has 2 aromatic rings. The number of carboxylic acids is 1. The van der Waals surface area contributed by atoms with Crippen molar-refractivity contribution in [1.82, 2.24) is 52.4 Å². The average Bonchev–Trinajstić information content (AvgIpc) is 4.00. The van der Waals surface area contributed by atoms with Crippen LogP contribution in [-0.4, -0.2) is 166 Å². The number of primary amides is 2. The van der Waals surface area contributed by atoms with E-state index < -0.39 is 145 Å². The number of amides is 11. The molecule has 1 aromatic heterocycles. The lowest BCUT2D eigenvalue weighted by atomic mass is 10.0. The number of nitrogens with one attached hydrogen (secondary N) is 9. The van der Waals surface area contributed by atoms with Gasteiger partial charge in [-0.15, -0.1) is 0 Å². The SMILES string of the molecule is CC(C)C[C@H](NC(=O)[C@@H]1CCCN1C(=O)CNC(=O)[C@@H](N)CCC(N)=O)C(=O)N[C@@H](CO)C(=O)NCC(=O)N[C@@H](Cc1c[nH]c2ccccc12)C(=O)N[C@@H](C)C(=O)N[C@@H](CCC(N)=O)C(=O)N[C@H](C(=O)O)C(C)C. The second-order valence-corrected chi connectivity index (χ2v) is 18.8. The second kappa shape index (κ2) is 29.1. The van der Waals surface area contributed by atoms with Crippen LogP contribution in [0.3, 0.4) is 0 Å². The molecule has 0 radical (unpaired) electrons. The first kappa shape index (κ1) is 60.6. The van der Waals surface area contributed by atoms with Crippen molar-refractivity contribution in [1.29, 1.82) is 0 Å². The molecule has 8 atom stereocenters. The number of fused-ring (bicyclic) bond motifs is 1. The van der Waals surface area contributed by atoms with Crippen LogP contribution in [-0.2, 0) is 64.0 Å². The molecule has 1 aliphatic rings. The molecule has 0 unspecified atom stereocenters. The summed E-state index contributed by atoms with van der Waals surface area (Å²) in [4.78, 5) is 159. The van der Waals surface area contributed by atoms with E-state index >= 15 is 0 Å². The Labute approximate surface area is 426 Å². The van der Waals surface area contributed by atoms with Gasteiger partial charge in [0.1, 0.15) is 42.3 Å². The Morgan fingerprint density at radius 1 is 0.703 bits per heavy atom. The highest BCUT2D eigenvalue weighted by molar-refractivity contribution is 5.98. The van der Waals surface area contributed by atoms with Crippen LogP contribution in [0.15, 0.2) is 30.5 Å². The third kappa shape index (κ3) is 19.1. The zero-order valence-corrected chi connectivity index (χ0v) is 42.1. The molecule has 1 aromatic carbocycles. The number of carboxylic acid groups (broad SMARTS) is 1. The molecular formula is C47H71N13O14. The number of aromatic amines is 1. The normalized spacial score (nSPS) is 16.1. The molecule has 3 rings (SSSR count). The summed E-state index contributed by atoms with van der Waals surface area (Å²) in [6, 6.07) is -3.47. The zero-order valence-electron chi connectivity index (χ0n) is 42.1. The Hall–Kier alpha value is -7.68. The number of carbonyl (C=O) groups is 12. The number of rotatable bonds is 30. The fourth-order valence-electron chi connectivity index (χ4n) is 7.86. The van der Waals surface area contributed by atoms with Crippen molar-refractivity contribution in [3.8, 4) is 0 Å². The lowest BCUT2D eigenvalue weighted by Crippen LogP contribution is -2.59. The highest BCUT2D eigenvalue weighted by Gasteiger charge is 2.37. The molecule has 17 N–H and O–H groups in total. The van der Waals surface area contributed by atoms with Crippen molar-refractivity contribution in [2.24, 2.45) is 29.0 Å². The number of H-pyrrole nitrogens is 1. The lowest BCUT2D eigenvalue weighted by molar-refractivity contribution is -0.143. The summed E-state index contributed by atoms with van der Waals surface area (Å²) in [5.41, 5.74) is 17.4. The number of aliphatic carboxylic acids is 1. The summed E-state index contributed by atoms with van der Waals surface area (Å²) in [5.74, 6) is -11.0. The molecule has 0 aliphatic carbocycles. The lowest BCUT2D eigenvalue weighted by Gasteiger charge is -2.28. The van der Waals surface area contributed by atoms with Crippen LogP contribution < -0.4 is 59.7 Å². The van der Waals surface area contributed by atoms with Gasteiger partial charge < -0.3 is 79.8 Å². The minimum atomic E-state index is -1.64. The molecule has 1 saturated heterocycles. The van der Waals surface area contributed by atoms with Gasteiger partial charge in [0, 0.05) is 42.9 Å². The van der Waals surface area contributed by atoms with Gasteiger partial charge in [0.15, 0.2) is 0 Å². The molecule has 408 valence electrons. The molecule has 27 nitrogen and oxygen atoms in total. The molecule has 0 saturated carbocycles. The first-order valence-corrected chi connectivity index (χ1v) is 24.2. The van der Waals surface area contributed by atoms with Crippen molar-refractivity contribution < 1.29 is 67.7 Å². The van der Waals surface area contributed by atoms with Gasteiger partial charge in [0.25, 0.3) is 0 Å². The number of carbonyl (C=O) groups excluding carboxylic acids is 11. The van der Waals surface area contributed by atoms with Crippen LogP contribution in [0.4, 0.5) is 0 Å². The molecule has 74 heavy (non-hydrogen) atoms. The van der Waals surface area contributed by atoms with Crippen LogP contribution in [0.5, 0.6) is 0 Å². The van der Waals surface area contributed by atoms with E-state index in [0.717, 1.165) is 0 Å². The molecule has 11 amide bonds. The summed E-state index contributed by atoms with van der Waals surface area (Å²) in [5, 5.41) is 39.9. The van der Waals surface area contributed by atoms with E-state index in [9.17, 15) is 67.7 Å². The van der Waals surface area contributed by atoms with Crippen molar-refractivity contribution in [2.45, 2.75) is 134 Å². The number of nitrogens with zero attached hydrogens (tertiary/aromatic N) is 1. The van der Waals surface area contributed by atoms with Gasteiger partial charge >= 0.3 is 5.97 Å². The van der Waals surface area contributed by atoms with E-state index in [1.54, 1.807) is 58.2 Å². The Balaban J connectivity index is 1.69. The van der Waals surface area contributed by atoms with E-state index in [2.05, 4.69) is 47.5 Å². The number of para-hydroxylation sites is 1. The first-order chi connectivity index (χ1) is 34.8. The Morgan fingerprint density at radius 2 is 1.31 bits per heavy atom. The third-order valence-corrected chi connectivity index (χ3v) is 12.0. The molecule has 0 bridgehead atoms. The van der Waals surface area contributed by atoms with E-state index in [1.165, 1.54) is 11.8 Å². The number of benzene rings is 1. The van der Waals surface area contributed by atoms with E-state index in [1.807, 2.05) is 0 Å². The van der Waals surface area contributed by atoms with Crippen LogP contribution in [0.25, 0.3) is 10.9 Å². The minimum absolute atomic E-state index is 0.0347. The van der Waals surface area contributed by atoms with Crippen LogP contribution >= 0.6 is 0 Å². The van der Waals surface area contributed by atoms with Gasteiger partial charge in [-0.1, -0.05) is 45.9 Å². The summed E-state index contributed by atoms with van der Waals surface area (Å²) in [6.45, 7) is 5.88. The van der Waals surface area contributed by atoms with Crippen molar-refractivity contribution >= 4 is 81.9 Å². The third-order valence-electron chi connectivity index (χ3n) is 12.0. The fourth-order valence-corrected chi connectivity index (χ4v) is 7.86. The highest BCUT2D eigenvalue weighted by atomic mass is 16.4. The fraction of sp³-hybridized carbons (Fsp3) is 0.574.